The number of hydrogen-bond acceptors (Lipinski definition) is 3. The highest BCUT2D eigenvalue weighted by Crippen LogP contribution is 2.36. The van der Waals surface area contributed by atoms with Crippen LogP contribution < -0.4 is 0 Å². The number of ether oxygens (including phenoxy) is 1. The van der Waals surface area contributed by atoms with Crippen LogP contribution in [0.25, 0.3) is 0 Å². The number of esters is 1. The Morgan fingerprint density at radius 2 is 1.59 bits per heavy atom. The highest BCUT2D eigenvalue weighted by molar-refractivity contribution is 6.08. The molecule has 0 heterocycles. The standard InChI is InChI=1S/C26H32O3/c1-18(2)22-15-14-19(3)16-24(22)29-26(28)23(17-20-10-6-4-7-11-20)25(27)21-12-8-5-9-13-21/h4-13,18-19,22-24H,14-17H2,1-3H3/t19-,22-,23+,24+/m1/s1. The maximum Gasteiger partial charge on any atom is 0.317 e. The van der Waals surface area contributed by atoms with Crippen LogP contribution in [-0.2, 0) is 16.0 Å². The molecular weight excluding hydrogens is 360 g/mol. The van der Waals surface area contributed by atoms with Crippen molar-refractivity contribution in [2.45, 2.75) is 52.6 Å². The number of rotatable bonds is 7. The Morgan fingerprint density at radius 3 is 2.21 bits per heavy atom. The first-order valence-electron chi connectivity index (χ1n) is 10.8. The fourth-order valence-corrected chi connectivity index (χ4v) is 4.42. The fraction of sp³-hybridized carbons (Fsp3) is 0.462. The maximum absolute atomic E-state index is 13.3. The van der Waals surface area contributed by atoms with E-state index in [4.69, 9.17) is 4.74 Å². The predicted molar refractivity (Wildman–Crippen MR) is 116 cm³/mol. The van der Waals surface area contributed by atoms with Gasteiger partial charge >= 0.3 is 5.97 Å². The first-order chi connectivity index (χ1) is 14.0. The summed E-state index contributed by atoms with van der Waals surface area (Å²) in [4.78, 5) is 26.5. The van der Waals surface area contributed by atoms with Gasteiger partial charge < -0.3 is 4.74 Å². The van der Waals surface area contributed by atoms with Crippen LogP contribution in [0.3, 0.4) is 0 Å². The highest BCUT2D eigenvalue weighted by Gasteiger charge is 2.37. The van der Waals surface area contributed by atoms with Crippen LogP contribution in [0.2, 0.25) is 0 Å². The molecule has 3 nitrogen and oxygen atoms in total. The van der Waals surface area contributed by atoms with E-state index in [9.17, 15) is 9.59 Å². The van der Waals surface area contributed by atoms with Gasteiger partial charge in [-0.05, 0) is 42.6 Å². The number of benzene rings is 2. The predicted octanol–water partition coefficient (Wildman–Crippen LogP) is 5.73. The molecule has 1 saturated carbocycles. The molecule has 0 unspecified atom stereocenters. The Labute approximate surface area is 174 Å². The lowest BCUT2D eigenvalue weighted by molar-refractivity contribution is -0.159. The number of Topliss-reactive ketones (excluding diaryl/α,β-unsaturated/α-hetero) is 1. The highest BCUT2D eigenvalue weighted by atomic mass is 16.5. The van der Waals surface area contributed by atoms with Crippen molar-refractivity contribution in [3.8, 4) is 0 Å². The van der Waals surface area contributed by atoms with Gasteiger partial charge in [-0.2, -0.15) is 0 Å². The molecule has 1 aliphatic rings. The van der Waals surface area contributed by atoms with Crippen LogP contribution in [0, 0.1) is 23.7 Å². The van der Waals surface area contributed by atoms with E-state index in [1.54, 1.807) is 12.1 Å². The lowest BCUT2D eigenvalue weighted by atomic mass is 9.75. The van der Waals surface area contributed by atoms with Crippen LogP contribution in [0.5, 0.6) is 0 Å². The molecule has 1 fully saturated rings. The number of carbonyl (C=O) groups excluding carboxylic acids is 2. The summed E-state index contributed by atoms with van der Waals surface area (Å²) in [5, 5.41) is 0. The average Bonchev–Trinajstić information content (AvgIpc) is 2.72. The van der Waals surface area contributed by atoms with Gasteiger partial charge in [0, 0.05) is 5.56 Å². The summed E-state index contributed by atoms with van der Waals surface area (Å²) in [5.74, 6) is -0.000965. The van der Waals surface area contributed by atoms with Gasteiger partial charge in [0.15, 0.2) is 5.78 Å². The van der Waals surface area contributed by atoms with E-state index < -0.39 is 5.92 Å². The van der Waals surface area contributed by atoms with E-state index in [1.165, 1.54) is 6.42 Å². The lowest BCUT2D eigenvalue weighted by Crippen LogP contribution is -2.39. The Morgan fingerprint density at radius 1 is 0.966 bits per heavy atom. The van der Waals surface area contributed by atoms with Gasteiger partial charge in [-0.3, -0.25) is 9.59 Å². The van der Waals surface area contributed by atoms with Gasteiger partial charge in [0.05, 0.1) is 0 Å². The monoisotopic (exact) mass is 392 g/mol. The maximum atomic E-state index is 13.3. The summed E-state index contributed by atoms with van der Waals surface area (Å²) in [5.41, 5.74) is 1.53. The summed E-state index contributed by atoms with van der Waals surface area (Å²) in [6.45, 7) is 6.60. The molecule has 1 aliphatic carbocycles. The molecule has 0 bridgehead atoms. The SMILES string of the molecule is CC(C)[C@H]1CC[C@@H](C)C[C@@H]1OC(=O)[C@@H](Cc1ccccc1)C(=O)c1ccccc1. The van der Waals surface area contributed by atoms with Crippen LogP contribution >= 0.6 is 0 Å². The van der Waals surface area contributed by atoms with E-state index >= 15 is 0 Å². The van der Waals surface area contributed by atoms with E-state index in [2.05, 4.69) is 20.8 Å². The Hall–Kier alpha value is -2.42. The van der Waals surface area contributed by atoms with Crippen molar-refractivity contribution in [2.24, 2.45) is 23.7 Å². The molecule has 0 amide bonds. The molecule has 0 N–H and O–H groups in total. The van der Waals surface area contributed by atoms with Crippen molar-refractivity contribution in [3.05, 3.63) is 71.8 Å². The van der Waals surface area contributed by atoms with Crippen LogP contribution in [0.15, 0.2) is 60.7 Å². The summed E-state index contributed by atoms with van der Waals surface area (Å²) in [6, 6.07) is 18.8. The first-order valence-corrected chi connectivity index (χ1v) is 10.8. The quantitative estimate of drug-likeness (QED) is 0.343. The van der Waals surface area contributed by atoms with Crippen molar-refractivity contribution in [3.63, 3.8) is 0 Å². The Kier molecular flexibility index (Phi) is 7.24. The molecule has 4 atom stereocenters. The molecule has 2 aromatic rings. The van der Waals surface area contributed by atoms with Crippen molar-refractivity contribution >= 4 is 11.8 Å². The molecular formula is C26H32O3. The molecule has 3 rings (SSSR count). The molecule has 0 aromatic heterocycles. The number of ketones is 1. The van der Waals surface area contributed by atoms with Gasteiger partial charge in [0.25, 0.3) is 0 Å². The number of hydrogen-bond donors (Lipinski definition) is 0. The molecule has 0 spiro atoms. The van der Waals surface area contributed by atoms with Gasteiger partial charge in [-0.1, -0.05) is 87.9 Å². The molecule has 29 heavy (non-hydrogen) atoms. The minimum Gasteiger partial charge on any atom is -0.461 e. The van der Waals surface area contributed by atoms with E-state index in [0.717, 1.165) is 18.4 Å². The van der Waals surface area contributed by atoms with Crippen LogP contribution in [0.1, 0.15) is 56.0 Å². The molecule has 3 heteroatoms. The normalized spacial score (nSPS) is 22.8. The minimum atomic E-state index is -0.815. The van der Waals surface area contributed by atoms with E-state index in [1.807, 2.05) is 48.5 Å². The van der Waals surface area contributed by atoms with Crippen molar-refractivity contribution in [2.75, 3.05) is 0 Å². The third-order valence-corrected chi connectivity index (χ3v) is 6.17. The second-order valence-corrected chi connectivity index (χ2v) is 8.77. The second-order valence-electron chi connectivity index (χ2n) is 8.77. The molecule has 0 radical (unpaired) electrons. The second kappa shape index (κ2) is 9.87. The topological polar surface area (TPSA) is 43.4 Å². The minimum absolute atomic E-state index is 0.104. The molecule has 0 aliphatic heterocycles. The van der Waals surface area contributed by atoms with E-state index in [-0.39, 0.29) is 17.9 Å². The lowest BCUT2D eigenvalue weighted by Gasteiger charge is -2.37. The molecule has 154 valence electrons. The number of carbonyl (C=O) groups is 2. The van der Waals surface area contributed by atoms with E-state index in [0.29, 0.717) is 29.7 Å². The summed E-state index contributed by atoms with van der Waals surface area (Å²) < 4.78 is 6.05. The fourth-order valence-electron chi connectivity index (χ4n) is 4.42. The summed E-state index contributed by atoms with van der Waals surface area (Å²) in [7, 11) is 0. The molecule has 0 saturated heterocycles. The molecule has 2 aromatic carbocycles. The third-order valence-electron chi connectivity index (χ3n) is 6.17. The zero-order valence-electron chi connectivity index (χ0n) is 17.7. The zero-order valence-corrected chi connectivity index (χ0v) is 17.7. The zero-order chi connectivity index (χ0) is 20.8. The van der Waals surface area contributed by atoms with Gasteiger partial charge in [-0.15, -0.1) is 0 Å². The van der Waals surface area contributed by atoms with Crippen LogP contribution in [0.4, 0.5) is 0 Å². The van der Waals surface area contributed by atoms with Crippen molar-refractivity contribution in [1.82, 2.24) is 0 Å². The van der Waals surface area contributed by atoms with Crippen molar-refractivity contribution < 1.29 is 14.3 Å². The average molecular weight is 393 g/mol. The third kappa shape index (κ3) is 5.56. The van der Waals surface area contributed by atoms with Gasteiger partial charge in [-0.25, -0.2) is 0 Å². The summed E-state index contributed by atoms with van der Waals surface area (Å²) in [6.07, 6.45) is 3.39. The van der Waals surface area contributed by atoms with Crippen LogP contribution in [-0.4, -0.2) is 17.9 Å². The van der Waals surface area contributed by atoms with Gasteiger partial charge in [0.1, 0.15) is 12.0 Å². The van der Waals surface area contributed by atoms with Gasteiger partial charge in [0.2, 0.25) is 0 Å². The largest absolute Gasteiger partial charge is 0.461 e. The first kappa shape index (κ1) is 21.3. The van der Waals surface area contributed by atoms with Crippen molar-refractivity contribution in [1.29, 1.82) is 0 Å². The Bertz CT molecular complexity index is 797. The smallest absolute Gasteiger partial charge is 0.317 e. The Balaban J connectivity index is 1.82. The summed E-state index contributed by atoms with van der Waals surface area (Å²) >= 11 is 0.